The molecule has 144 valence electrons. The smallest absolute Gasteiger partial charge is 0.191 e. The Balaban J connectivity index is 0.00000312. The molecule has 1 unspecified atom stereocenters. The van der Waals surface area contributed by atoms with E-state index in [-0.39, 0.29) is 24.0 Å². The van der Waals surface area contributed by atoms with E-state index in [9.17, 15) is 0 Å². The van der Waals surface area contributed by atoms with Crippen LogP contribution in [0.15, 0.2) is 4.99 Å². The first-order valence-electron chi connectivity index (χ1n) is 8.83. The van der Waals surface area contributed by atoms with Crippen molar-refractivity contribution in [2.24, 2.45) is 4.99 Å². The number of nitrogens with one attached hydrogen (secondary N) is 2. The lowest BCUT2D eigenvalue weighted by atomic mass is 10.2. The number of hydrogen-bond donors (Lipinski definition) is 2. The molecule has 0 radical (unpaired) electrons. The van der Waals surface area contributed by atoms with Crippen molar-refractivity contribution in [1.29, 1.82) is 0 Å². The lowest BCUT2D eigenvalue weighted by Crippen LogP contribution is -2.38. The summed E-state index contributed by atoms with van der Waals surface area (Å²) >= 11 is 1.72. The molecule has 2 N–H and O–H groups in total. The van der Waals surface area contributed by atoms with Crippen molar-refractivity contribution in [2.45, 2.75) is 52.7 Å². The summed E-state index contributed by atoms with van der Waals surface area (Å²) in [6, 6.07) is 0. The predicted octanol–water partition coefficient (Wildman–Crippen LogP) is 3.02. The minimum Gasteiger partial charge on any atom is -0.379 e. The predicted molar refractivity (Wildman–Crippen MR) is 114 cm³/mol. The summed E-state index contributed by atoms with van der Waals surface area (Å²) in [4.78, 5) is 10.4. The van der Waals surface area contributed by atoms with E-state index in [1.54, 1.807) is 11.3 Å². The van der Waals surface area contributed by atoms with E-state index in [2.05, 4.69) is 34.5 Å². The summed E-state index contributed by atoms with van der Waals surface area (Å²) in [5.41, 5.74) is 1.10. The van der Waals surface area contributed by atoms with E-state index in [1.807, 2.05) is 6.92 Å². The van der Waals surface area contributed by atoms with Gasteiger partial charge in [0.05, 0.1) is 24.9 Å². The van der Waals surface area contributed by atoms with E-state index in [0.717, 1.165) is 68.8 Å². The normalized spacial score (nSPS) is 17.4. The Morgan fingerprint density at radius 2 is 2.24 bits per heavy atom. The molecule has 1 fully saturated rings. The van der Waals surface area contributed by atoms with Crippen LogP contribution in [0.25, 0.3) is 0 Å². The molecule has 0 bridgehead atoms. The van der Waals surface area contributed by atoms with Crippen molar-refractivity contribution in [3.05, 3.63) is 15.6 Å². The second-order valence-corrected chi connectivity index (χ2v) is 7.22. The molecule has 0 saturated carbocycles. The van der Waals surface area contributed by atoms with E-state index in [4.69, 9.17) is 9.47 Å². The maximum Gasteiger partial charge on any atom is 0.191 e. The van der Waals surface area contributed by atoms with Crippen LogP contribution >= 0.6 is 35.3 Å². The Bertz CT molecular complexity index is 499. The third-order valence-corrected chi connectivity index (χ3v) is 4.93. The van der Waals surface area contributed by atoms with Gasteiger partial charge >= 0.3 is 0 Å². The monoisotopic (exact) mass is 482 g/mol. The summed E-state index contributed by atoms with van der Waals surface area (Å²) in [6.07, 6.45) is 3.55. The first-order valence-corrected chi connectivity index (χ1v) is 9.65. The lowest BCUT2D eigenvalue weighted by molar-refractivity contribution is 0.0168. The van der Waals surface area contributed by atoms with Gasteiger partial charge in [0.1, 0.15) is 5.01 Å². The summed E-state index contributed by atoms with van der Waals surface area (Å²) < 4.78 is 11.2. The maximum absolute atomic E-state index is 5.67. The highest BCUT2D eigenvalue weighted by molar-refractivity contribution is 14.0. The number of aliphatic imine (C=N–C) groups is 1. The fourth-order valence-corrected chi connectivity index (χ4v) is 3.33. The Morgan fingerprint density at radius 1 is 1.40 bits per heavy atom. The van der Waals surface area contributed by atoms with Crippen LogP contribution in [0.4, 0.5) is 0 Å². The van der Waals surface area contributed by atoms with Crippen LogP contribution in [0.2, 0.25) is 0 Å². The van der Waals surface area contributed by atoms with Crippen LogP contribution < -0.4 is 10.6 Å². The molecule has 6 nitrogen and oxygen atoms in total. The molecule has 2 rings (SSSR count). The molecule has 0 spiro atoms. The molecule has 1 aromatic rings. The molecule has 1 aromatic heterocycles. The number of halogens is 1. The SMILES string of the molecule is CCNC(=NCc1nc(C)c(C)s1)NCCCOCC1CCCO1.I. The van der Waals surface area contributed by atoms with Crippen molar-refractivity contribution in [1.82, 2.24) is 15.6 Å². The van der Waals surface area contributed by atoms with Crippen molar-refractivity contribution in [3.8, 4) is 0 Å². The molecule has 0 aromatic carbocycles. The van der Waals surface area contributed by atoms with E-state index < -0.39 is 0 Å². The zero-order chi connectivity index (χ0) is 17.2. The minimum atomic E-state index is 0. The first-order chi connectivity index (χ1) is 11.7. The zero-order valence-electron chi connectivity index (χ0n) is 15.5. The Kier molecular flexibility index (Phi) is 11.6. The summed E-state index contributed by atoms with van der Waals surface area (Å²) in [7, 11) is 0. The maximum atomic E-state index is 5.67. The van der Waals surface area contributed by atoms with Gasteiger partial charge in [-0.05, 0) is 40.0 Å². The summed E-state index contributed by atoms with van der Waals surface area (Å²) in [5.74, 6) is 0.835. The van der Waals surface area contributed by atoms with Gasteiger partial charge in [0.25, 0.3) is 0 Å². The van der Waals surface area contributed by atoms with Crippen LogP contribution in [-0.4, -0.2) is 50.0 Å². The third-order valence-electron chi connectivity index (χ3n) is 3.88. The highest BCUT2D eigenvalue weighted by Crippen LogP contribution is 2.16. The number of ether oxygens (including phenoxy) is 2. The van der Waals surface area contributed by atoms with Gasteiger partial charge in [-0.25, -0.2) is 9.98 Å². The van der Waals surface area contributed by atoms with Gasteiger partial charge in [-0.15, -0.1) is 35.3 Å². The van der Waals surface area contributed by atoms with Crippen LogP contribution in [-0.2, 0) is 16.0 Å². The Hall–Kier alpha value is -0.450. The van der Waals surface area contributed by atoms with Gasteiger partial charge in [-0.2, -0.15) is 0 Å². The van der Waals surface area contributed by atoms with Crippen molar-refractivity contribution in [3.63, 3.8) is 0 Å². The highest BCUT2D eigenvalue weighted by atomic mass is 127. The first kappa shape index (κ1) is 22.6. The number of guanidine groups is 1. The fourth-order valence-electron chi connectivity index (χ4n) is 2.47. The summed E-state index contributed by atoms with van der Waals surface area (Å²) in [5, 5.41) is 7.67. The van der Waals surface area contributed by atoms with Crippen molar-refractivity contribution >= 4 is 41.3 Å². The average molecular weight is 482 g/mol. The van der Waals surface area contributed by atoms with Gasteiger partial charge in [-0.3, -0.25) is 0 Å². The van der Waals surface area contributed by atoms with Gasteiger partial charge in [-0.1, -0.05) is 0 Å². The van der Waals surface area contributed by atoms with Gasteiger partial charge in [0.2, 0.25) is 0 Å². The van der Waals surface area contributed by atoms with Crippen molar-refractivity contribution < 1.29 is 9.47 Å². The van der Waals surface area contributed by atoms with Crippen LogP contribution in [0.1, 0.15) is 41.8 Å². The van der Waals surface area contributed by atoms with Crippen LogP contribution in [0, 0.1) is 13.8 Å². The molecule has 25 heavy (non-hydrogen) atoms. The molecule has 1 aliphatic heterocycles. The molecule has 0 aliphatic carbocycles. The van der Waals surface area contributed by atoms with Crippen LogP contribution in [0.5, 0.6) is 0 Å². The van der Waals surface area contributed by atoms with Crippen LogP contribution in [0.3, 0.4) is 0 Å². The molecule has 1 aliphatic rings. The molecular formula is C17H31IN4O2S. The average Bonchev–Trinajstić information content (AvgIpc) is 3.18. The molecule has 0 amide bonds. The van der Waals surface area contributed by atoms with E-state index in [0.29, 0.717) is 12.6 Å². The highest BCUT2D eigenvalue weighted by Gasteiger charge is 2.14. The lowest BCUT2D eigenvalue weighted by Gasteiger charge is -2.12. The fraction of sp³-hybridized carbons (Fsp3) is 0.765. The Labute approximate surface area is 172 Å². The van der Waals surface area contributed by atoms with Gasteiger partial charge < -0.3 is 20.1 Å². The third kappa shape index (κ3) is 8.65. The summed E-state index contributed by atoms with van der Waals surface area (Å²) in [6.45, 7) is 10.9. The second-order valence-electron chi connectivity index (χ2n) is 5.93. The minimum absolute atomic E-state index is 0. The molecule has 8 heteroatoms. The number of rotatable bonds is 9. The van der Waals surface area contributed by atoms with Gasteiger partial charge in [0, 0.05) is 31.2 Å². The second kappa shape index (κ2) is 12.8. The molecule has 1 atom stereocenters. The zero-order valence-corrected chi connectivity index (χ0v) is 18.6. The van der Waals surface area contributed by atoms with Crippen molar-refractivity contribution in [2.75, 3.05) is 32.9 Å². The number of aryl methyl sites for hydroxylation is 2. The Morgan fingerprint density at radius 3 is 2.88 bits per heavy atom. The standard InChI is InChI=1S/C17H30N4O2S.HI/c1-4-18-17(20-11-16-21-13(2)14(3)24-16)19-8-6-9-22-12-15-7-5-10-23-15;/h15H,4-12H2,1-3H3,(H2,18,19,20);1H. The number of hydrogen-bond acceptors (Lipinski definition) is 5. The van der Waals surface area contributed by atoms with E-state index in [1.165, 1.54) is 4.88 Å². The molecular weight excluding hydrogens is 451 g/mol. The quantitative estimate of drug-likeness (QED) is 0.245. The van der Waals surface area contributed by atoms with Gasteiger partial charge in [0.15, 0.2) is 5.96 Å². The molecule has 1 saturated heterocycles. The number of thiazole rings is 1. The topological polar surface area (TPSA) is 67.8 Å². The largest absolute Gasteiger partial charge is 0.379 e. The number of aromatic nitrogens is 1. The molecule has 2 heterocycles. The van der Waals surface area contributed by atoms with E-state index >= 15 is 0 Å². The number of nitrogens with zero attached hydrogens (tertiary/aromatic N) is 2.